The summed E-state index contributed by atoms with van der Waals surface area (Å²) in [7, 11) is 0. The Bertz CT molecular complexity index is 541. The number of hydrogen-bond acceptors (Lipinski definition) is 2. The van der Waals surface area contributed by atoms with Gasteiger partial charge in [0, 0.05) is 11.3 Å². The van der Waals surface area contributed by atoms with Crippen LogP contribution >= 0.6 is 0 Å². The lowest BCUT2D eigenvalue weighted by molar-refractivity contribution is 0.0697. The van der Waals surface area contributed by atoms with Crippen LogP contribution in [-0.2, 0) is 6.42 Å². The zero-order valence-corrected chi connectivity index (χ0v) is 9.82. The lowest BCUT2D eigenvalue weighted by Gasteiger charge is -2.01. The van der Waals surface area contributed by atoms with Gasteiger partial charge >= 0.3 is 5.97 Å². The molecule has 17 heavy (non-hydrogen) atoms. The molecule has 0 spiro atoms. The molecule has 88 valence electrons. The summed E-state index contributed by atoms with van der Waals surface area (Å²) in [6.45, 7) is 3.79. The average molecular weight is 230 g/mol. The van der Waals surface area contributed by atoms with Crippen LogP contribution in [-0.4, -0.2) is 21.3 Å². The van der Waals surface area contributed by atoms with Gasteiger partial charge in [-0.1, -0.05) is 31.2 Å². The summed E-state index contributed by atoms with van der Waals surface area (Å²) in [6.07, 6.45) is 0.964. The van der Waals surface area contributed by atoms with Crippen LogP contribution in [0.4, 0.5) is 0 Å². The molecule has 1 aromatic heterocycles. The number of aromatic amines is 1. The van der Waals surface area contributed by atoms with E-state index in [0.717, 1.165) is 12.0 Å². The predicted molar refractivity (Wildman–Crippen MR) is 65.1 cm³/mol. The molecule has 1 heterocycles. The van der Waals surface area contributed by atoms with Crippen LogP contribution in [0.2, 0.25) is 0 Å². The van der Waals surface area contributed by atoms with Gasteiger partial charge in [0.2, 0.25) is 0 Å². The van der Waals surface area contributed by atoms with Crippen molar-refractivity contribution in [2.75, 3.05) is 0 Å². The summed E-state index contributed by atoms with van der Waals surface area (Å²) in [6, 6.07) is 7.79. The van der Waals surface area contributed by atoms with Crippen molar-refractivity contribution < 1.29 is 9.90 Å². The summed E-state index contributed by atoms with van der Waals surface area (Å²) >= 11 is 0. The van der Waals surface area contributed by atoms with Crippen LogP contribution in [0.5, 0.6) is 0 Å². The average Bonchev–Trinajstić information content (AvgIpc) is 2.71. The molecule has 2 aromatic rings. The van der Waals surface area contributed by atoms with Gasteiger partial charge in [0.15, 0.2) is 0 Å². The first-order chi connectivity index (χ1) is 8.13. The van der Waals surface area contributed by atoms with Crippen molar-refractivity contribution in [3.63, 3.8) is 0 Å². The lowest BCUT2D eigenvalue weighted by Crippen LogP contribution is -1.99. The highest BCUT2D eigenvalue weighted by Gasteiger charge is 2.18. The molecule has 4 nitrogen and oxygen atoms in total. The summed E-state index contributed by atoms with van der Waals surface area (Å²) in [5.74, 6) is -0.953. The molecule has 0 unspecified atom stereocenters. The standard InChI is InChI=1S/C13H14N2O2/c1-3-9-4-6-10(7-5-9)12-11(13(16)17)8(2)14-15-12/h4-7H,3H2,1-2H3,(H,14,15)(H,16,17). The number of aromatic nitrogens is 2. The summed E-state index contributed by atoms with van der Waals surface area (Å²) in [4.78, 5) is 11.1. The maximum absolute atomic E-state index is 11.1. The predicted octanol–water partition coefficient (Wildman–Crippen LogP) is 2.65. The van der Waals surface area contributed by atoms with E-state index < -0.39 is 5.97 Å². The molecule has 2 rings (SSSR count). The molecule has 0 fully saturated rings. The minimum absolute atomic E-state index is 0.245. The van der Waals surface area contributed by atoms with E-state index in [9.17, 15) is 4.79 Å². The zero-order chi connectivity index (χ0) is 12.4. The lowest BCUT2D eigenvalue weighted by atomic mass is 10.0. The third-order valence-electron chi connectivity index (χ3n) is 2.80. The molecule has 0 saturated heterocycles. The zero-order valence-electron chi connectivity index (χ0n) is 9.82. The summed E-state index contributed by atoms with van der Waals surface area (Å²) in [5, 5.41) is 15.9. The van der Waals surface area contributed by atoms with E-state index in [-0.39, 0.29) is 5.56 Å². The molecule has 0 saturated carbocycles. The Morgan fingerprint density at radius 3 is 2.53 bits per heavy atom. The van der Waals surface area contributed by atoms with Gasteiger partial charge in [0.1, 0.15) is 11.3 Å². The summed E-state index contributed by atoms with van der Waals surface area (Å²) < 4.78 is 0. The SMILES string of the molecule is CCc1ccc(-c2n[nH]c(C)c2C(=O)O)cc1. The van der Waals surface area contributed by atoms with Crippen molar-refractivity contribution in [1.29, 1.82) is 0 Å². The van der Waals surface area contributed by atoms with Gasteiger partial charge in [-0.3, -0.25) is 5.10 Å². The molecule has 0 aliphatic carbocycles. The van der Waals surface area contributed by atoms with Crippen LogP contribution < -0.4 is 0 Å². The van der Waals surface area contributed by atoms with Crippen molar-refractivity contribution in [3.8, 4) is 11.3 Å². The first-order valence-corrected chi connectivity index (χ1v) is 5.51. The number of hydrogen-bond donors (Lipinski definition) is 2. The van der Waals surface area contributed by atoms with Gasteiger partial charge in [-0.2, -0.15) is 5.10 Å². The number of rotatable bonds is 3. The molecule has 0 aliphatic rings. The number of carbonyl (C=O) groups is 1. The quantitative estimate of drug-likeness (QED) is 0.851. The molecule has 0 aliphatic heterocycles. The van der Waals surface area contributed by atoms with E-state index in [2.05, 4.69) is 17.1 Å². The highest BCUT2D eigenvalue weighted by atomic mass is 16.4. The number of benzene rings is 1. The Morgan fingerprint density at radius 1 is 1.35 bits per heavy atom. The fourth-order valence-corrected chi connectivity index (χ4v) is 1.80. The minimum atomic E-state index is -0.953. The van der Waals surface area contributed by atoms with Gasteiger partial charge in [-0.05, 0) is 18.9 Å². The number of carboxylic acid groups (broad SMARTS) is 1. The van der Waals surface area contributed by atoms with E-state index in [1.807, 2.05) is 24.3 Å². The second kappa shape index (κ2) is 4.41. The molecular formula is C13H14N2O2. The van der Waals surface area contributed by atoms with E-state index >= 15 is 0 Å². The third kappa shape index (κ3) is 2.06. The first-order valence-electron chi connectivity index (χ1n) is 5.51. The van der Waals surface area contributed by atoms with Crippen LogP contribution in [0, 0.1) is 6.92 Å². The first kappa shape index (κ1) is 11.4. The molecule has 0 amide bonds. The normalized spacial score (nSPS) is 10.5. The fraction of sp³-hybridized carbons (Fsp3) is 0.231. The molecule has 0 radical (unpaired) electrons. The van der Waals surface area contributed by atoms with Gasteiger partial charge < -0.3 is 5.11 Å². The maximum atomic E-state index is 11.1. The fourth-order valence-electron chi connectivity index (χ4n) is 1.80. The topological polar surface area (TPSA) is 66.0 Å². The van der Waals surface area contributed by atoms with E-state index in [1.165, 1.54) is 5.56 Å². The second-order valence-corrected chi connectivity index (χ2v) is 3.93. The Labute approximate surface area is 99.3 Å². The smallest absolute Gasteiger partial charge is 0.339 e. The molecule has 2 N–H and O–H groups in total. The van der Waals surface area contributed by atoms with E-state index in [1.54, 1.807) is 6.92 Å². The Balaban J connectivity index is 2.49. The Hall–Kier alpha value is -2.10. The van der Waals surface area contributed by atoms with Gasteiger partial charge in [0.05, 0.1) is 0 Å². The number of H-pyrrole nitrogens is 1. The second-order valence-electron chi connectivity index (χ2n) is 3.93. The van der Waals surface area contributed by atoms with E-state index in [0.29, 0.717) is 11.4 Å². The van der Waals surface area contributed by atoms with Gasteiger partial charge in [0.25, 0.3) is 0 Å². The van der Waals surface area contributed by atoms with Crippen molar-refractivity contribution in [2.45, 2.75) is 20.3 Å². The van der Waals surface area contributed by atoms with E-state index in [4.69, 9.17) is 5.11 Å². The maximum Gasteiger partial charge on any atom is 0.339 e. The van der Waals surface area contributed by atoms with Crippen molar-refractivity contribution >= 4 is 5.97 Å². The molecule has 4 heteroatoms. The van der Waals surface area contributed by atoms with Crippen LogP contribution in [0.15, 0.2) is 24.3 Å². The highest BCUT2D eigenvalue weighted by molar-refractivity contribution is 5.96. The largest absolute Gasteiger partial charge is 0.478 e. The number of nitrogens with zero attached hydrogens (tertiary/aromatic N) is 1. The van der Waals surface area contributed by atoms with Crippen LogP contribution in [0.1, 0.15) is 28.5 Å². The van der Waals surface area contributed by atoms with Crippen molar-refractivity contribution in [3.05, 3.63) is 41.1 Å². The Kier molecular flexibility index (Phi) is 2.95. The van der Waals surface area contributed by atoms with Crippen molar-refractivity contribution in [1.82, 2.24) is 10.2 Å². The molecular weight excluding hydrogens is 216 g/mol. The monoisotopic (exact) mass is 230 g/mol. The number of nitrogens with one attached hydrogen (secondary N) is 1. The minimum Gasteiger partial charge on any atom is -0.478 e. The van der Waals surface area contributed by atoms with Crippen molar-refractivity contribution in [2.24, 2.45) is 0 Å². The van der Waals surface area contributed by atoms with Gasteiger partial charge in [-0.15, -0.1) is 0 Å². The van der Waals surface area contributed by atoms with Crippen LogP contribution in [0.3, 0.4) is 0 Å². The van der Waals surface area contributed by atoms with Crippen LogP contribution in [0.25, 0.3) is 11.3 Å². The number of aryl methyl sites for hydroxylation is 2. The highest BCUT2D eigenvalue weighted by Crippen LogP contribution is 2.24. The van der Waals surface area contributed by atoms with Gasteiger partial charge in [-0.25, -0.2) is 4.79 Å². The molecule has 0 bridgehead atoms. The number of aromatic carboxylic acids is 1. The third-order valence-corrected chi connectivity index (χ3v) is 2.80. The molecule has 0 atom stereocenters. The summed E-state index contributed by atoms with van der Waals surface area (Å²) in [5.41, 5.74) is 3.36. The molecule has 1 aromatic carbocycles. The Morgan fingerprint density at radius 2 is 2.00 bits per heavy atom. The number of carboxylic acids is 1.